The third-order valence-electron chi connectivity index (χ3n) is 4.36. The summed E-state index contributed by atoms with van der Waals surface area (Å²) in [4.78, 5) is 52.3. The lowest BCUT2D eigenvalue weighted by Crippen LogP contribution is -2.28. The highest BCUT2D eigenvalue weighted by Gasteiger charge is 2.36. The number of hydrogen-bond donors (Lipinski definition) is 5. The molecule has 0 saturated heterocycles. The Hall–Kier alpha value is -1.44. The summed E-state index contributed by atoms with van der Waals surface area (Å²) in [5, 5.41) is 27.1. The Morgan fingerprint density at radius 2 is 1.38 bits per heavy atom. The lowest BCUT2D eigenvalue weighted by molar-refractivity contribution is -0.151. The Labute approximate surface area is 152 Å². The maximum absolute atomic E-state index is 11.7. The summed E-state index contributed by atoms with van der Waals surface area (Å²) in [5.41, 5.74) is -1.18. The van der Waals surface area contributed by atoms with E-state index in [0.29, 0.717) is 6.42 Å². The molecule has 0 spiro atoms. The molecule has 0 amide bonds. The van der Waals surface area contributed by atoms with Gasteiger partial charge in [-0.15, -0.1) is 0 Å². The van der Waals surface area contributed by atoms with Gasteiger partial charge in [-0.05, 0) is 19.3 Å². The van der Waals surface area contributed by atoms with Gasteiger partial charge in [0.1, 0.15) is 0 Å². The molecule has 0 aromatic carbocycles. The van der Waals surface area contributed by atoms with E-state index in [9.17, 15) is 33.8 Å². The molecule has 5 N–H and O–H groups in total. The van der Waals surface area contributed by atoms with Crippen molar-refractivity contribution in [2.24, 2.45) is 11.8 Å². The van der Waals surface area contributed by atoms with E-state index in [1.54, 1.807) is 0 Å². The summed E-state index contributed by atoms with van der Waals surface area (Å²) in [5.74, 6) is -6.94. The average molecular weight is 396 g/mol. The zero-order valence-corrected chi connectivity index (χ0v) is 15.8. The Bertz CT molecular complexity index is 514. The van der Waals surface area contributed by atoms with Gasteiger partial charge in [0.25, 0.3) is 0 Å². The lowest BCUT2D eigenvalue weighted by Gasteiger charge is -2.23. The van der Waals surface area contributed by atoms with Gasteiger partial charge < -0.3 is 25.1 Å². The van der Waals surface area contributed by atoms with Crippen LogP contribution in [0.15, 0.2) is 0 Å². The third kappa shape index (κ3) is 10.5. The maximum Gasteiger partial charge on any atom is 0.328 e. The smallest absolute Gasteiger partial charge is 0.328 e. The molecule has 0 bridgehead atoms. The Morgan fingerprint density at radius 1 is 0.846 bits per heavy atom. The van der Waals surface area contributed by atoms with Crippen LogP contribution >= 0.6 is 7.60 Å². The molecule has 3 atom stereocenters. The van der Waals surface area contributed by atoms with Crippen LogP contribution in [0.1, 0.15) is 64.7 Å². The quantitative estimate of drug-likeness (QED) is 0.206. The second-order valence-corrected chi connectivity index (χ2v) is 8.49. The molecule has 0 fully saturated rings. The summed E-state index contributed by atoms with van der Waals surface area (Å²) in [6.45, 7) is 2.03. The molecule has 0 radical (unpaired) electrons. The van der Waals surface area contributed by atoms with Gasteiger partial charge in [-0.2, -0.15) is 0 Å². The Balaban J connectivity index is 5.01. The maximum atomic E-state index is 11.7. The molecule has 0 heterocycles. The number of unbranched alkanes of at least 4 members (excludes halogenated alkanes) is 4. The summed E-state index contributed by atoms with van der Waals surface area (Å²) in [6.07, 6.45) is 2.81. The van der Waals surface area contributed by atoms with Gasteiger partial charge in [-0.1, -0.05) is 39.0 Å². The van der Waals surface area contributed by atoms with Crippen molar-refractivity contribution in [2.45, 2.75) is 70.4 Å². The molecule has 0 aliphatic heterocycles. The molecule has 0 aliphatic carbocycles. The van der Waals surface area contributed by atoms with Crippen LogP contribution in [0, 0.1) is 11.8 Å². The minimum atomic E-state index is -4.55. The van der Waals surface area contributed by atoms with E-state index in [-0.39, 0.29) is 12.8 Å². The molecule has 10 heteroatoms. The van der Waals surface area contributed by atoms with E-state index < -0.39 is 55.8 Å². The number of carboxylic acids is 3. The van der Waals surface area contributed by atoms with E-state index in [2.05, 4.69) is 0 Å². The lowest BCUT2D eigenvalue weighted by atomic mass is 9.88. The molecule has 0 aromatic rings. The monoisotopic (exact) mass is 396 g/mol. The van der Waals surface area contributed by atoms with Crippen LogP contribution in [0.3, 0.4) is 0 Å². The van der Waals surface area contributed by atoms with E-state index in [1.807, 2.05) is 6.92 Å². The first-order chi connectivity index (χ1) is 12.0. The molecular weight excluding hydrogens is 367 g/mol. The molecule has 152 valence electrons. The second kappa shape index (κ2) is 12.0. The van der Waals surface area contributed by atoms with Crippen LogP contribution < -0.4 is 0 Å². The topological polar surface area (TPSA) is 169 Å². The average Bonchev–Trinajstić information content (AvgIpc) is 2.49. The Kier molecular flexibility index (Phi) is 11.4. The predicted molar refractivity (Wildman–Crippen MR) is 92.9 cm³/mol. The van der Waals surface area contributed by atoms with Gasteiger partial charge in [0.05, 0.1) is 23.9 Å². The summed E-state index contributed by atoms with van der Waals surface area (Å²) >= 11 is 0. The van der Waals surface area contributed by atoms with Crippen LogP contribution in [0.2, 0.25) is 0 Å². The van der Waals surface area contributed by atoms with Crippen molar-refractivity contribution >= 4 is 25.5 Å². The predicted octanol–water partition coefficient (Wildman–Crippen LogP) is 2.55. The first kappa shape index (κ1) is 24.6. The fourth-order valence-corrected chi connectivity index (χ4v) is 3.91. The number of carbonyl (C=O) groups is 3. The van der Waals surface area contributed by atoms with Gasteiger partial charge in [-0.25, -0.2) is 0 Å². The largest absolute Gasteiger partial charge is 0.481 e. The fourth-order valence-electron chi connectivity index (χ4n) is 2.86. The molecule has 0 saturated carbocycles. The minimum Gasteiger partial charge on any atom is -0.481 e. The summed E-state index contributed by atoms with van der Waals surface area (Å²) in [6, 6.07) is 0. The SMILES string of the molecule is CCCCCCCC(CC(CC(CC(=O)O)C(=O)O)C(=O)O)P(=O)(O)O. The number of hydrogen-bond acceptors (Lipinski definition) is 4. The van der Waals surface area contributed by atoms with Gasteiger partial charge in [-0.3, -0.25) is 18.9 Å². The molecule has 9 nitrogen and oxygen atoms in total. The molecule has 3 unspecified atom stereocenters. The molecule has 0 aliphatic rings. The van der Waals surface area contributed by atoms with Crippen molar-refractivity contribution in [1.29, 1.82) is 0 Å². The zero-order chi connectivity index (χ0) is 20.3. The molecule has 0 rings (SSSR count). The molecule has 0 aromatic heterocycles. The first-order valence-corrected chi connectivity index (χ1v) is 10.4. The van der Waals surface area contributed by atoms with E-state index in [4.69, 9.17) is 10.2 Å². The fraction of sp³-hybridized carbons (Fsp3) is 0.812. The summed E-state index contributed by atoms with van der Waals surface area (Å²) < 4.78 is 11.7. The number of carboxylic acid groups (broad SMARTS) is 3. The third-order valence-corrected chi connectivity index (χ3v) is 5.78. The van der Waals surface area contributed by atoms with Crippen LogP contribution in [0.5, 0.6) is 0 Å². The van der Waals surface area contributed by atoms with E-state index in [0.717, 1.165) is 25.7 Å². The van der Waals surface area contributed by atoms with Gasteiger partial charge >= 0.3 is 25.5 Å². The number of rotatable bonds is 15. The van der Waals surface area contributed by atoms with Crippen LogP contribution in [0.4, 0.5) is 0 Å². The highest BCUT2D eigenvalue weighted by Crippen LogP contribution is 2.47. The van der Waals surface area contributed by atoms with Crippen LogP contribution in [-0.2, 0) is 18.9 Å². The van der Waals surface area contributed by atoms with E-state index in [1.165, 1.54) is 0 Å². The first-order valence-electron chi connectivity index (χ1n) is 8.71. The normalized spacial score (nSPS) is 15.2. The molecular formula is C16H29O9P. The van der Waals surface area contributed by atoms with E-state index >= 15 is 0 Å². The molecule has 26 heavy (non-hydrogen) atoms. The van der Waals surface area contributed by atoms with Crippen molar-refractivity contribution < 1.29 is 44.1 Å². The number of aliphatic carboxylic acids is 3. The Morgan fingerprint density at radius 3 is 1.81 bits per heavy atom. The van der Waals surface area contributed by atoms with Crippen LogP contribution in [-0.4, -0.2) is 48.7 Å². The van der Waals surface area contributed by atoms with Gasteiger partial charge in [0.2, 0.25) is 0 Å². The van der Waals surface area contributed by atoms with Crippen molar-refractivity contribution in [3.05, 3.63) is 0 Å². The zero-order valence-electron chi connectivity index (χ0n) is 14.9. The van der Waals surface area contributed by atoms with Crippen molar-refractivity contribution in [1.82, 2.24) is 0 Å². The highest BCUT2D eigenvalue weighted by atomic mass is 31.2. The van der Waals surface area contributed by atoms with Crippen molar-refractivity contribution in [3.8, 4) is 0 Å². The van der Waals surface area contributed by atoms with Crippen LogP contribution in [0.25, 0.3) is 0 Å². The summed E-state index contributed by atoms with van der Waals surface area (Å²) in [7, 11) is -4.55. The standard InChI is InChI=1S/C16H29O9P/c1-2-3-4-5-6-7-13(26(23,24)25)9-11(15(19)20)8-12(16(21)22)10-14(17)18/h11-13H,2-10H2,1H3,(H,17,18)(H,19,20)(H,21,22)(H2,23,24,25). The minimum absolute atomic E-state index is 0.147. The van der Waals surface area contributed by atoms with Crippen molar-refractivity contribution in [2.75, 3.05) is 0 Å². The van der Waals surface area contributed by atoms with Gasteiger partial charge in [0, 0.05) is 0 Å². The van der Waals surface area contributed by atoms with Gasteiger partial charge in [0.15, 0.2) is 0 Å². The van der Waals surface area contributed by atoms with Crippen molar-refractivity contribution in [3.63, 3.8) is 0 Å². The highest BCUT2D eigenvalue weighted by molar-refractivity contribution is 7.52. The second-order valence-electron chi connectivity index (χ2n) is 6.59.